The average Bonchev–Trinajstić information content (AvgIpc) is 3.18. The van der Waals surface area contributed by atoms with Gasteiger partial charge < -0.3 is 9.80 Å². The first-order chi connectivity index (χ1) is 10.6. The highest BCUT2D eigenvalue weighted by Gasteiger charge is 2.45. The van der Waals surface area contributed by atoms with Crippen LogP contribution in [0.1, 0.15) is 12.0 Å². The summed E-state index contributed by atoms with van der Waals surface area (Å²) in [6.45, 7) is 3.43. The van der Waals surface area contributed by atoms with E-state index in [9.17, 15) is 0 Å². The minimum absolute atomic E-state index is 0.665. The summed E-state index contributed by atoms with van der Waals surface area (Å²) >= 11 is 0. The number of hydrogen-bond donors (Lipinski definition) is 0. The fourth-order valence-corrected chi connectivity index (χ4v) is 2.86. The Morgan fingerprint density at radius 1 is 1.09 bits per heavy atom. The molecule has 0 aromatic heterocycles. The molecule has 1 saturated heterocycles. The van der Waals surface area contributed by atoms with Gasteiger partial charge in [-0.15, -0.1) is 0 Å². The molecule has 3 rings (SSSR count). The Morgan fingerprint density at radius 3 is 2.45 bits per heavy atom. The van der Waals surface area contributed by atoms with Crippen LogP contribution in [0.3, 0.4) is 0 Å². The molecule has 2 aliphatic heterocycles. The van der Waals surface area contributed by atoms with Gasteiger partial charge in [-0.3, -0.25) is 0 Å². The van der Waals surface area contributed by atoms with Gasteiger partial charge in [0, 0.05) is 30.9 Å². The van der Waals surface area contributed by atoms with Gasteiger partial charge in [0.15, 0.2) is 6.21 Å². The molecule has 0 radical (unpaired) electrons. The molecule has 2 aliphatic rings. The van der Waals surface area contributed by atoms with E-state index in [1.54, 1.807) is 0 Å². The molecule has 0 spiro atoms. The van der Waals surface area contributed by atoms with Crippen molar-refractivity contribution in [2.45, 2.75) is 12.5 Å². The third-order valence-electron chi connectivity index (χ3n) is 4.39. The van der Waals surface area contributed by atoms with Gasteiger partial charge in [-0.25, -0.2) is 4.58 Å². The highest BCUT2D eigenvalue weighted by molar-refractivity contribution is 5.74. The molecule has 1 atom stereocenters. The van der Waals surface area contributed by atoms with E-state index < -0.39 is 0 Å². The van der Waals surface area contributed by atoms with E-state index in [0.29, 0.717) is 6.04 Å². The quantitative estimate of drug-likeness (QED) is 0.565. The highest BCUT2D eigenvalue weighted by atomic mass is 15.2. The van der Waals surface area contributed by atoms with E-state index in [0.717, 1.165) is 13.1 Å². The third kappa shape index (κ3) is 3.66. The molecule has 1 unspecified atom stereocenters. The van der Waals surface area contributed by atoms with E-state index in [-0.39, 0.29) is 0 Å². The van der Waals surface area contributed by atoms with Crippen LogP contribution in [0.25, 0.3) is 6.08 Å². The van der Waals surface area contributed by atoms with Crippen LogP contribution < -0.4 is 4.90 Å². The van der Waals surface area contributed by atoms with Gasteiger partial charge in [0.2, 0.25) is 12.6 Å². The van der Waals surface area contributed by atoms with Gasteiger partial charge in [-0.2, -0.15) is 0 Å². The molecule has 0 N–H and O–H groups in total. The zero-order chi connectivity index (χ0) is 15.5. The number of hydrogen-bond acceptors (Lipinski definition) is 2. The minimum Gasteiger partial charge on any atom is -0.375 e. The lowest BCUT2D eigenvalue weighted by molar-refractivity contribution is -0.343. The monoisotopic (exact) mass is 296 g/mol. The predicted molar refractivity (Wildman–Crippen MR) is 95.0 cm³/mol. The Balaban J connectivity index is 1.52. The molecule has 3 nitrogen and oxygen atoms in total. The summed E-state index contributed by atoms with van der Waals surface area (Å²) in [4.78, 5) is 4.56. The first-order valence-corrected chi connectivity index (χ1v) is 8.08. The number of allylic oxidation sites excluding steroid dienone is 1. The summed E-state index contributed by atoms with van der Waals surface area (Å²) in [6.07, 6.45) is 10.1. The maximum Gasteiger partial charge on any atom is 0.236 e. The van der Waals surface area contributed by atoms with Crippen molar-refractivity contribution in [2.24, 2.45) is 0 Å². The first kappa shape index (κ1) is 15.0. The molecule has 2 heterocycles. The Bertz CT molecular complexity index is 608. The summed E-state index contributed by atoms with van der Waals surface area (Å²) in [5, 5.41) is 0. The smallest absolute Gasteiger partial charge is 0.236 e. The molecule has 0 bridgehead atoms. The third-order valence-corrected chi connectivity index (χ3v) is 4.39. The van der Waals surface area contributed by atoms with Crippen LogP contribution in [0.2, 0.25) is 0 Å². The van der Waals surface area contributed by atoms with Crippen molar-refractivity contribution in [1.82, 2.24) is 4.90 Å². The Hall–Kier alpha value is -1.87. The number of anilines is 1. The largest absolute Gasteiger partial charge is 0.375 e. The van der Waals surface area contributed by atoms with E-state index in [1.165, 1.54) is 29.8 Å². The fraction of sp³-hybridized carbons (Fsp3) is 0.421. The highest BCUT2D eigenvalue weighted by Crippen LogP contribution is 2.25. The van der Waals surface area contributed by atoms with Crippen LogP contribution in [0.4, 0.5) is 5.69 Å². The number of benzene rings is 1. The summed E-state index contributed by atoms with van der Waals surface area (Å²) in [6, 6.07) is 9.51. The van der Waals surface area contributed by atoms with E-state index in [4.69, 9.17) is 0 Å². The standard InChI is InChI=1S/C19H26N3/c1-20(2)12-4-13-21(3)18-9-6-16(7-10-18)5-8-17-11-14-22-15-19(17)22/h5-11,14,19H,4,12-13,15H2,1-3H3/q+1. The number of nitrogens with zero attached hydrogens (tertiary/aromatic N) is 3. The van der Waals surface area contributed by atoms with E-state index >= 15 is 0 Å². The van der Waals surface area contributed by atoms with E-state index in [1.807, 2.05) is 0 Å². The molecule has 3 heteroatoms. The van der Waals surface area contributed by atoms with Gasteiger partial charge in [0.25, 0.3) is 0 Å². The Morgan fingerprint density at radius 2 is 1.86 bits per heavy atom. The first-order valence-electron chi connectivity index (χ1n) is 8.08. The van der Waals surface area contributed by atoms with Gasteiger partial charge in [0.05, 0.1) is 0 Å². The zero-order valence-electron chi connectivity index (χ0n) is 13.9. The molecule has 22 heavy (non-hydrogen) atoms. The maximum absolute atomic E-state index is 2.35. The average molecular weight is 296 g/mol. The van der Waals surface area contributed by atoms with Crippen LogP contribution >= 0.6 is 0 Å². The molecule has 1 fully saturated rings. The Kier molecular flexibility index (Phi) is 4.44. The van der Waals surface area contributed by atoms with Gasteiger partial charge in [-0.1, -0.05) is 24.3 Å². The van der Waals surface area contributed by atoms with Crippen molar-refractivity contribution < 1.29 is 4.58 Å². The molecular weight excluding hydrogens is 270 g/mol. The number of fused-ring (bicyclic) bond motifs is 1. The van der Waals surface area contributed by atoms with Crippen LogP contribution in [0.5, 0.6) is 0 Å². The molecule has 0 amide bonds. The predicted octanol–water partition coefficient (Wildman–Crippen LogP) is 2.49. The summed E-state index contributed by atoms with van der Waals surface area (Å²) in [7, 11) is 6.42. The lowest BCUT2D eigenvalue weighted by atomic mass is 10.1. The van der Waals surface area contributed by atoms with Crippen molar-refractivity contribution in [3.8, 4) is 0 Å². The minimum atomic E-state index is 0.665. The molecule has 0 aliphatic carbocycles. The second-order valence-corrected chi connectivity index (χ2v) is 6.53. The normalized spacial score (nSPS) is 19.4. The van der Waals surface area contributed by atoms with Crippen molar-refractivity contribution in [3.05, 3.63) is 47.6 Å². The van der Waals surface area contributed by atoms with Crippen LogP contribution in [0, 0.1) is 0 Å². The second-order valence-electron chi connectivity index (χ2n) is 6.53. The maximum atomic E-state index is 2.35. The molecule has 1 aromatic carbocycles. The van der Waals surface area contributed by atoms with Crippen molar-refractivity contribution >= 4 is 18.0 Å². The topological polar surface area (TPSA) is 9.49 Å². The van der Waals surface area contributed by atoms with Gasteiger partial charge in [-0.05, 0) is 44.8 Å². The molecule has 116 valence electrons. The van der Waals surface area contributed by atoms with E-state index in [2.05, 4.69) is 84.2 Å². The number of rotatable bonds is 7. The summed E-state index contributed by atoms with van der Waals surface area (Å²) < 4.78 is 2.35. The van der Waals surface area contributed by atoms with Crippen LogP contribution in [-0.2, 0) is 0 Å². The lowest BCUT2D eigenvalue weighted by Gasteiger charge is -2.20. The van der Waals surface area contributed by atoms with Crippen molar-refractivity contribution in [1.29, 1.82) is 0 Å². The zero-order valence-corrected chi connectivity index (χ0v) is 13.9. The Labute approximate surface area is 133 Å². The van der Waals surface area contributed by atoms with Crippen molar-refractivity contribution in [3.63, 3.8) is 0 Å². The SMILES string of the molecule is CN(C)CCCN(C)c1ccc(/C=C/C2=CC=[N+]3CC23)cc1. The molecular formula is C19H26N3+. The van der Waals surface area contributed by atoms with Gasteiger partial charge >= 0.3 is 0 Å². The van der Waals surface area contributed by atoms with Gasteiger partial charge in [0.1, 0.15) is 0 Å². The summed E-state index contributed by atoms with van der Waals surface area (Å²) in [5.74, 6) is 0. The molecule has 0 saturated carbocycles. The van der Waals surface area contributed by atoms with Crippen molar-refractivity contribution in [2.75, 3.05) is 45.7 Å². The summed E-state index contributed by atoms with van der Waals surface area (Å²) in [5.41, 5.74) is 3.99. The fourth-order valence-electron chi connectivity index (χ4n) is 2.86. The van der Waals surface area contributed by atoms with Crippen LogP contribution in [-0.4, -0.2) is 62.5 Å². The molecule has 1 aromatic rings. The van der Waals surface area contributed by atoms with Crippen LogP contribution in [0.15, 0.2) is 42.0 Å². The second kappa shape index (κ2) is 6.49. The lowest BCUT2D eigenvalue weighted by Crippen LogP contribution is -2.23.